The van der Waals surface area contributed by atoms with E-state index in [1.54, 1.807) is 7.11 Å². The third-order valence-corrected chi connectivity index (χ3v) is 13.5. The fourth-order valence-electron chi connectivity index (χ4n) is 9.79. The van der Waals surface area contributed by atoms with E-state index in [4.69, 9.17) is 18.9 Å². The Labute approximate surface area is 390 Å². The third-order valence-electron chi connectivity index (χ3n) is 13.5. The molecule has 0 aliphatic carbocycles. The second-order valence-electron chi connectivity index (χ2n) is 22.6. The van der Waals surface area contributed by atoms with E-state index in [2.05, 4.69) is 69.2 Å². The smallest absolute Gasteiger partial charge is 0.311 e. The Hall–Kier alpha value is -0.650. The number of carbonyl (C=O) groups is 1. The van der Waals surface area contributed by atoms with Gasteiger partial charge in [-0.25, -0.2) is 0 Å². The summed E-state index contributed by atoms with van der Waals surface area (Å²) in [7, 11) is 1.76. The minimum atomic E-state index is -0.593. The second kappa shape index (κ2) is 39.5. The molecule has 0 spiro atoms. The van der Waals surface area contributed by atoms with Gasteiger partial charge in [-0.05, 0) is 79.1 Å². The Morgan fingerprint density at radius 3 is 1.16 bits per heavy atom. The summed E-state index contributed by atoms with van der Waals surface area (Å²) in [6.45, 7) is 23.5. The van der Waals surface area contributed by atoms with Crippen LogP contribution < -0.4 is 0 Å². The molecule has 1 unspecified atom stereocenters. The summed E-state index contributed by atoms with van der Waals surface area (Å²) in [6, 6.07) is 0. The molecule has 62 heavy (non-hydrogen) atoms. The highest BCUT2D eigenvalue weighted by atomic mass is 16.6. The molecule has 0 aliphatic rings. The van der Waals surface area contributed by atoms with E-state index < -0.39 is 5.41 Å². The van der Waals surface area contributed by atoms with Crippen LogP contribution in [0.2, 0.25) is 0 Å². The molecule has 0 saturated carbocycles. The maximum absolute atomic E-state index is 13.7. The lowest BCUT2D eigenvalue weighted by Gasteiger charge is -2.39. The summed E-state index contributed by atoms with van der Waals surface area (Å²) in [6.07, 6.45) is 48.8. The minimum absolute atomic E-state index is 0.0147. The van der Waals surface area contributed by atoms with Crippen molar-refractivity contribution >= 4 is 5.97 Å². The summed E-state index contributed by atoms with van der Waals surface area (Å²) in [5.41, 5.74) is -1.19. The molecule has 1 atom stereocenters. The van der Waals surface area contributed by atoms with Crippen LogP contribution in [-0.2, 0) is 23.7 Å². The molecule has 0 amide bonds. The normalized spacial score (nSPS) is 13.3. The number of hydrogen-bond acceptors (Lipinski definition) is 5. The number of methoxy groups -OCH3 is 1. The summed E-state index contributed by atoms with van der Waals surface area (Å²) in [5, 5.41) is 0. The van der Waals surface area contributed by atoms with E-state index in [0.29, 0.717) is 13.2 Å². The topological polar surface area (TPSA) is 54.0 Å². The fourth-order valence-corrected chi connectivity index (χ4v) is 9.79. The predicted molar refractivity (Wildman–Crippen MR) is 272 cm³/mol. The molecule has 0 N–H and O–H groups in total. The molecular formula is C57H114O5. The predicted octanol–water partition coefficient (Wildman–Crippen LogP) is 18.7. The lowest BCUT2D eigenvalue weighted by molar-refractivity contribution is -0.161. The van der Waals surface area contributed by atoms with Gasteiger partial charge in [-0.1, -0.05) is 233 Å². The van der Waals surface area contributed by atoms with E-state index >= 15 is 0 Å². The Morgan fingerprint density at radius 2 is 0.790 bits per heavy atom. The van der Waals surface area contributed by atoms with Crippen LogP contribution in [0.25, 0.3) is 0 Å². The van der Waals surface area contributed by atoms with Gasteiger partial charge >= 0.3 is 5.97 Å². The standard InChI is InChI=1S/C57H114O5/c1-12-14-16-18-20-22-24-26-28-30-31-33-35-37-39-41-43-45-52(60-47-44-42-40-38-36-34-32-29-27-25-23-21-19-17-15-13-2)49-61-53(58)55(5,6)50-54(3,4)51-57(9,10)62-48-46-56(7,8)59-11/h52H,12-51H2,1-11H3. The highest BCUT2D eigenvalue weighted by molar-refractivity contribution is 5.76. The van der Waals surface area contributed by atoms with Crippen molar-refractivity contribution < 1.29 is 23.7 Å². The zero-order valence-corrected chi connectivity index (χ0v) is 44.4. The zero-order chi connectivity index (χ0) is 46.3. The molecule has 0 aromatic carbocycles. The number of unbranched alkanes of at least 4 members (excludes halogenated alkanes) is 31. The quantitative estimate of drug-likeness (QED) is 0.0450. The zero-order valence-electron chi connectivity index (χ0n) is 44.4. The van der Waals surface area contributed by atoms with Gasteiger partial charge in [0.25, 0.3) is 0 Å². The van der Waals surface area contributed by atoms with Gasteiger partial charge in [0, 0.05) is 13.7 Å². The highest BCUT2D eigenvalue weighted by Crippen LogP contribution is 2.41. The molecule has 5 nitrogen and oxygen atoms in total. The number of hydrogen-bond donors (Lipinski definition) is 0. The van der Waals surface area contributed by atoms with Gasteiger partial charge in [0.15, 0.2) is 0 Å². The van der Waals surface area contributed by atoms with Gasteiger partial charge in [0.1, 0.15) is 6.61 Å². The van der Waals surface area contributed by atoms with Crippen LogP contribution in [-0.4, -0.2) is 50.2 Å². The van der Waals surface area contributed by atoms with E-state index in [1.807, 2.05) is 0 Å². The van der Waals surface area contributed by atoms with Crippen molar-refractivity contribution in [3.8, 4) is 0 Å². The Balaban J connectivity index is 4.66. The van der Waals surface area contributed by atoms with Crippen molar-refractivity contribution in [3.63, 3.8) is 0 Å². The Kier molecular flexibility index (Phi) is 39.1. The van der Waals surface area contributed by atoms with Crippen molar-refractivity contribution in [1.29, 1.82) is 0 Å². The van der Waals surface area contributed by atoms with Crippen molar-refractivity contribution in [3.05, 3.63) is 0 Å². The first-order chi connectivity index (χ1) is 29.6. The largest absolute Gasteiger partial charge is 0.463 e. The molecule has 0 heterocycles. The number of ether oxygens (including phenoxy) is 4. The van der Waals surface area contributed by atoms with E-state index in [0.717, 1.165) is 45.1 Å². The summed E-state index contributed by atoms with van der Waals surface area (Å²) in [4.78, 5) is 13.7. The summed E-state index contributed by atoms with van der Waals surface area (Å²) >= 11 is 0. The van der Waals surface area contributed by atoms with Crippen LogP contribution in [0.3, 0.4) is 0 Å². The molecule has 0 radical (unpaired) electrons. The fraction of sp³-hybridized carbons (Fsp3) is 0.982. The lowest BCUT2D eigenvalue weighted by Crippen LogP contribution is -2.39. The van der Waals surface area contributed by atoms with Crippen molar-refractivity contribution in [2.45, 2.75) is 324 Å². The van der Waals surface area contributed by atoms with E-state index in [-0.39, 0.29) is 28.7 Å². The van der Waals surface area contributed by atoms with Crippen LogP contribution >= 0.6 is 0 Å². The molecule has 5 heteroatoms. The molecule has 0 aromatic rings. The van der Waals surface area contributed by atoms with Crippen molar-refractivity contribution in [2.75, 3.05) is 26.9 Å². The van der Waals surface area contributed by atoms with Crippen LogP contribution in [0.5, 0.6) is 0 Å². The molecule has 0 aromatic heterocycles. The number of carbonyl (C=O) groups excluding carboxylic acids is 1. The number of esters is 1. The average Bonchev–Trinajstić information content (AvgIpc) is 3.20. The van der Waals surface area contributed by atoms with Crippen molar-refractivity contribution in [1.82, 2.24) is 0 Å². The number of rotatable bonds is 48. The highest BCUT2D eigenvalue weighted by Gasteiger charge is 2.39. The van der Waals surface area contributed by atoms with Crippen LogP contribution in [0.4, 0.5) is 0 Å². The van der Waals surface area contributed by atoms with Gasteiger partial charge in [-0.15, -0.1) is 0 Å². The summed E-state index contributed by atoms with van der Waals surface area (Å²) in [5.74, 6) is -0.107. The Bertz CT molecular complexity index is 932. The molecule has 0 fully saturated rings. The van der Waals surface area contributed by atoms with E-state index in [1.165, 1.54) is 199 Å². The lowest BCUT2D eigenvalue weighted by atomic mass is 9.70. The second-order valence-corrected chi connectivity index (χ2v) is 22.6. The minimum Gasteiger partial charge on any atom is -0.463 e. The molecule has 0 bridgehead atoms. The molecule has 372 valence electrons. The Morgan fingerprint density at radius 1 is 0.435 bits per heavy atom. The molecule has 0 aliphatic heterocycles. The SMILES string of the molecule is CCCCCCCCCCCCCCCCCCCC(COC(=O)C(C)(C)CC(C)(C)CC(C)(C)OCCC(C)(C)OC)OCCCCCCCCCCCCCCCCCC. The first-order valence-electron chi connectivity index (χ1n) is 27.6. The van der Waals surface area contributed by atoms with Crippen LogP contribution in [0.15, 0.2) is 0 Å². The van der Waals surface area contributed by atoms with Gasteiger partial charge in [-0.3, -0.25) is 4.79 Å². The van der Waals surface area contributed by atoms with Crippen LogP contribution in [0, 0.1) is 10.8 Å². The molecule has 0 rings (SSSR count). The maximum atomic E-state index is 13.7. The van der Waals surface area contributed by atoms with Gasteiger partial charge < -0.3 is 18.9 Å². The first-order valence-corrected chi connectivity index (χ1v) is 27.6. The summed E-state index contributed by atoms with van der Waals surface area (Å²) < 4.78 is 24.6. The molecular weight excluding hydrogens is 765 g/mol. The third kappa shape index (κ3) is 39.7. The van der Waals surface area contributed by atoms with E-state index in [9.17, 15) is 4.79 Å². The molecule has 0 saturated heterocycles. The van der Waals surface area contributed by atoms with Crippen molar-refractivity contribution in [2.24, 2.45) is 10.8 Å². The maximum Gasteiger partial charge on any atom is 0.311 e. The van der Waals surface area contributed by atoms with Gasteiger partial charge in [0.2, 0.25) is 0 Å². The monoisotopic (exact) mass is 879 g/mol. The van der Waals surface area contributed by atoms with Gasteiger partial charge in [-0.2, -0.15) is 0 Å². The van der Waals surface area contributed by atoms with Crippen LogP contribution in [0.1, 0.15) is 307 Å². The average molecular weight is 880 g/mol. The first kappa shape index (κ1) is 61.4. The van der Waals surface area contributed by atoms with Gasteiger partial charge in [0.05, 0.1) is 29.3 Å².